The summed E-state index contributed by atoms with van der Waals surface area (Å²) in [4.78, 5) is 16.9. The summed E-state index contributed by atoms with van der Waals surface area (Å²) in [5.74, 6) is 0.707. The first-order valence-electron chi connectivity index (χ1n) is 5.58. The number of benzene rings is 1. The molecule has 0 fully saturated rings. The highest BCUT2D eigenvalue weighted by Gasteiger charge is 2.23. The molecule has 0 aliphatic carbocycles. The molecule has 0 bridgehead atoms. The van der Waals surface area contributed by atoms with Crippen molar-refractivity contribution in [1.82, 2.24) is 0 Å². The molecule has 0 saturated heterocycles. The Morgan fingerprint density at radius 3 is 2.06 bits per heavy atom. The number of nitrogens with zero attached hydrogens (tertiary/aromatic N) is 1. The molecule has 5 heteroatoms. The van der Waals surface area contributed by atoms with Gasteiger partial charge in [-0.15, -0.1) is 0 Å². The van der Waals surface area contributed by atoms with Gasteiger partial charge in [0, 0.05) is 0 Å². The molecule has 0 aliphatic rings. The summed E-state index contributed by atoms with van der Waals surface area (Å²) in [6, 6.07) is 6.91. The fourth-order valence-corrected chi connectivity index (χ4v) is 1.31. The van der Waals surface area contributed by atoms with Crippen molar-refractivity contribution < 1.29 is 19.1 Å². The number of ether oxygens (including phenoxy) is 2. The van der Waals surface area contributed by atoms with Gasteiger partial charge in [0.05, 0.1) is 19.9 Å². The second-order valence-electron chi connectivity index (χ2n) is 4.66. The smallest absolute Gasteiger partial charge is 0.439 e. The molecule has 0 atom stereocenters. The van der Waals surface area contributed by atoms with Gasteiger partial charge in [0.2, 0.25) is 0 Å². The molecule has 1 aromatic rings. The molecule has 5 nitrogen and oxygen atoms in total. The lowest BCUT2D eigenvalue weighted by molar-refractivity contribution is 0.0328. The van der Waals surface area contributed by atoms with E-state index in [0.717, 1.165) is 5.06 Å². The van der Waals surface area contributed by atoms with Gasteiger partial charge in [-0.2, -0.15) is 5.06 Å². The second-order valence-corrected chi connectivity index (χ2v) is 4.66. The van der Waals surface area contributed by atoms with Crippen LogP contribution in [0.15, 0.2) is 24.3 Å². The molecule has 0 N–H and O–H groups in total. The number of anilines is 1. The Bertz CT molecular complexity index is 394. The Morgan fingerprint density at radius 1 is 1.11 bits per heavy atom. The summed E-state index contributed by atoms with van der Waals surface area (Å²) < 4.78 is 10.3. The zero-order valence-corrected chi connectivity index (χ0v) is 11.4. The molecule has 0 unspecified atom stereocenters. The minimum atomic E-state index is -0.569. The first-order chi connectivity index (χ1) is 8.37. The largest absolute Gasteiger partial charge is 0.497 e. The van der Waals surface area contributed by atoms with Crippen LogP contribution < -0.4 is 9.80 Å². The van der Waals surface area contributed by atoms with E-state index in [2.05, 4.69) is 0 Å². The molecule has 0 radical (unpaired) electrons. The van der Waals surface area contributed by atoms with Gasteiger partial charge in [-0.3, -0.25) is 4.84 Å². The van der Waals surface area contributed by atoms with E-state index in [1.807, 2.05) is 0 Å². The third-order valence-electron chi connectivity index (χ3n) is 2.05. The van der Waals surface area contributed by atoms with Gasteiger partial charge in [-0.05, 0) is 45.0 Å². The molecule has 0 heterocycles. The van der Waals surface area contributed by atoms with Crippen LogP contribution in [-0.2, 0) is 9.57 Å². The topological polar surface area (TPSA) is 48.0 Å². The van der Waals surface area contributed by atoms with Crippen molar-refractivity contribution in [2.45, 2.75) is 26.4 Å². The number of methoxy groups -OCH3 is 1. The third kappa shape index (κ3) is 3.92. The molecule has 0 aromatic heterocycles. The molecule has 0 saturated carbocycles. The molecule has 0 aliphatic heterocycles. The van der Waals surface area contributed by atoms with Crippen LogP contribution in [-0.4, -0.2) is 25.9 Å². The average Bonchev–Trinajstić information content (AvgIpc) is 2.28. The number of hydrogen-bond acceptors (Lipinski definition) is 4. The van der Waals surface area contributed by atoms with Gasteiger partial charge >= 0.3 is 6.09 Å². The summed E-state index contributed by atoms with van der Waals surface area (Å²) in [5, 5.41) is 1.09. The molecule has 0 spiro atoms. The van der Waals surface area contributed by atoms with E-state index < -0.39 is 11.7 Å². The summed E-state index contributed by atoms with van der Waals surface area (Å²) >= 11 is 0. The fraction of sp³-hybridized carbons (Fsp3) is 0.462. The Morgan fingerprint density at radius 2 is 1.67 bits per heavy atom. The Kier molecular flexibility index (Phi) is 4.55. The lowest BCUT2D eigenvalue weighted by atomic mass is 10.2. The van der Waals surface area contributed by atoms with E-state index in [0.29, 0.717) is 11.4 Å². The number of hydrogen-bond donors (Lipinski definition) is 0. The van der Waals surface area contributed by atoms with Gasteiger partial charge in [-0.1, -0.05) is 0 Å². The van der Waals surface area contributed by atoms with Crippen LogP contribution in [0.4, 0.5) is 10.5 Å². The van der Waals surface area contributed by atoms with Gasteiger partial charge in [-0.25, -0.2) is 4.79 Å². The quantitative estimate of drug-likeness (QED) is 0.777. The van der Waals surface area contributed by atoms with Gasteiger partial charge in [0.25, 0.3) is 0 Å². The number of hydroxylamine groups is 1. The Labute approximate surface area is 107 Å². The number of rotatable bonds is 3. The van der Waals surface area contributed by atoms with E-state index >= 15 is 0 Å². The lowest BCUT2D eigenvalue weighted by Gasteiger charge is -2.25. The van der Waals surface area contributed by atoms with Crippen LogP contribution in [0.25, 0.3) is 0 Å². The minimum absolute atomic E-state index is 0.560. The molecule has 1 amide bonds. The maximum absolute atomic E-state index is 11.9. The molecule has 1 rings (SSSR count). The van der Waals surface area contributed by atoms with Gasteiger partial charge < -0.3 is 9.47 Å². The minimum Gasteiger partial charge on any atom is -0.497 e. The van der Waals surface area contributed by atoms with Crippen LogP contribution >= 0.6 is 0 Å². The van der Waals surface area contributed by atoms with E-state index in [9.17, 15) is 4.79 Å². The normalized spacial score (nSPS) is 10.9. The lowest BCUT2D eigenvalue weighted by Crippen LogP contribution is -2.36. The molecule has 100 valence electrons. The first-order valence-corrected chi connectivity index (χ1v) is 5.58. The zero-order valence-electron chi connectivity index (χ0n) is 11.4. The Hall–Kier alpha value is -1.75. The first kappa shape index (κ1) is 14.3. The highest BCUT2D eigenvalue weighted by atomic mass is 16.7. The third-order valence-corrected chi connectivity index (χ3v) is 2.05. The van der Waals surface area contributed by atoms with Crippen molar-refractivity contribution >= 4 is 11.8 Å². The molecule has 1 aromatic carbocycles. The van der Waals surface area contributed by atoms with Crippen LogP contribution in [0.3, 0.4) is 0 Å². The van der Waals surface area contributed by atoms with Crippen molar-refractivity contribution in [3.63, 3.8) is 0 Å². The van der Waals surface area contributed by atoms with Crippen molar-refractivity contribution in [1.29, 1.82) is 0 Å². The Balaban J connectivity index is 2.85. The second kappa shape index (κ2) is 5.73. The van der Waals surface area contributed by atoms with Crippen molar-refractivity contribution in [2.24, 2.45) is 0 Å². The van der Waals surface area contributed by atoms with Crippen LogP contribution in [0.5, 0.6) is 5.75 Å². The summed E-state index contributed by atoms with van der Waals surface area (Å²) in [7, 11) is 2.99. The van der Waals surface area contributed by atoms with Crippen molar-refractivity contribution in [3.8, 4) is 5.75 Å². The van der Waals surface area contributed by atoms with Crippen LogP contribution in [0, 0.1) is 0 Å². The van der Waals surface area contributed by atoms with E-state index in [-0.39, 0.29) is 0 Å². The summed E-state index contributed by atoms with van der Waals surface area (Å²) in [6.07, 6.45) is -0.560. The fourth-order valence-electron chi connectivity index (χ4n) is 1.31. The van der Waals surface area contributed by atoms with Crippen LogP contribution in [0.1, 0.15) is 20.8 Å². The van der Waals surface area contributed by atoms with E-state index in [1.54, 1.807) is 52.1 Å². The maximum Gasteiger partial charge on any atom is 0.439 e. The number of carbonyl (C=O) groups excluding carboxylic acids is 1. The predicted molar refractivity (Wildman–Crippen MR) is 68.7 cm³/mol. The number of carbonyl (C=O) groups is 1. The van der Waals surface area contributed by atoms with E-state index in [4.69, 9.17) is 14.3 Å². The van der Waals surface area contributed by atoms with Crippen LogP contribution in [0.2, 0.25) is 0 Å². The van der Waals surface area contributed by atoms with Gasteiger partial charge in [0.1, 0.15) is 11.4 Å². The van der Waals surface area contributed by atoms with Gasteiger partial charge in [0.15, 0.2) is 0 Å². The van der Waals surface area contributed by atoms with E-state index in [1.165, 1.54) is 7.11 Å². The maximum atomic E-state index is 11.9. The van der Waals surface area contributed by atoms with Crippen molar-refractivity contribution in [2.75, 3.05) is 19.3 Å². The molecular weight excluding hydrogens is 234 g/mol. The standard InChI is InChI=1S/C13H19NO4/c1-13(2,3)18-12(15)14(17-5)10-6-8-11(16-4)9-7-10/h6-9H,1-5H3. The highest BCUT2D eigenvalue weighted by molar-refractivity contribution is 5.85. The molecule has 18 heavy (non-hydrogen) atoms. The highest BCUT2D eigenvalue weighted by Crippen LogP contribution is 2.21. The molecular formula is C13H19NO4. The summed E-state index contributed by atoms with van der Waals surface area (Å²) in [5.41, 5.74) is 0.00732. The SMILES string of the molecule is COc1ccc(N(OC)C(=O)OC(C)(C)C)cc1. The zero-order chi connectivity index (χ0) is 13.8. The average molecular weight is 253 g/mol. The predicted octanol–water partition coefficient (Wildman–Crippen LogP) is 3.00. The number of amides is 1. The monoisotopic (exact) mass is 253 g/mol. The van der Waals surface area contributed by atoms with Crippen molar-refractivity contribution in [3.05, 3.63) is 24.3 Å². The summed E-state index contributed by atoms with van der Waals surface area (Å²) in [6.45, 7) is 5.40.